The van der Waals surface area contributed by atoms with Gasteiger partial charge in [0.05, 0.1) is 11.9 Å². The highest BCUT2D eigenvalue weighted by molar-refractivity contribution is 7.92. The average Bonchev–Trinajstić information content (AvgIpc) is 3.28. The number of rotatable bonds is 10. The Balaban J connectivity index is 1.90. The molecular weight excluding hydrogens is 470 g/mol. The second-order valence-corrected chi connectivity index (χ2v) is 10.7. The van der Waals surface area contributed by atoms with Crippen molar-refractivity contribution in [1.29, 1.82) is 0 Å². The van der Waals surface area contributed by atoms with Gasteiger partial charge in [0.1, 0.15) is 12.6 Å². The molecule has 0 bridgehead atoms. The van der Waals surface area contributed by atoms with E-state index in [-0.39, 0.29) is 31.0 Å². The van der Waals surface area contributed by atoms with Crippen LogP contribution in [0.25, 0.3) is 0 Å². The molecule has 0 unspecified atom stereocenters. The van der Waals surface area contributed by atoms with Crippen LogP contribution in [0.3, 0.4) is 0 Å². The largest absolute Gasteiger partial charge is 0.454 e. The summed E-state index contributed by atoms with van der Waals surface area (Å²) in [5.41, 5.74) is 2.18. The molecule has 190 valence electrons. The average molecular weight is 504 g/mol. The number of nitrogens with one attached hydrogen (secondary N) is 1. The third kappa shape index (κ3) is 6.66. The van der Waals surface area contributed by atoms with Gasteiger partial charge in [-0.3, -0.25) is 13.9 Å². The van der Waals surface area contributed by atoms with Crippen LogP contribution < -0.4 is 19.1 Å². The first-order valence-corrected chi connectivity index (χ1v) is 13.4. The van der Waals surface area contributed by atoms with Crippen molar-refractivity contribution in [2.24, 2.45) is 0 Å². The van der Waals surface area contributed by atoms with E-state index < -0.39 is 28.5 Å². The van der Waals surface area contributed by atoms with Crippen LogP contribution in [0.15, 0.2) is 42.5 Å². The fourth-order valence-corrected chi connectivity index (χ4v) is 4.43. The molecule has 9 nitrogen and oxygen atoms in total. The van der Waals surface area contributed by atoms with Crippen LogP contribution in [0.4, 0.5) is 5.69 Å². The van der Waals surface area contributed by atoms with Gasteiger partial charge in [0.2, 0.25) is 28.6 Å². The minimum atomic E-state index is -3.82. The molecule has 2 aromatic rings. The summed E-state index contributed by atoms with van der Waals surface area (Å²) >= 11 is 0. The Morgan fingerprint density at radius 2 is 1.71 bits per heavy atom. The molecule has 2 atom stereocenters. The molecule has 35 heavy (non-hydrogen) atoms. The van der Waals surface area contributed by atoms with E-state index in [0.717, 1.165) is 28.1 Å². The number of hydrogen-bond donors (Lipinski definition) is 1. The van der Waals surface area contributed by atoms with Gasteiger partial charge in [-0.1, -0.05) is 36.8 Å². The molecule has 2 aromatic carbocycles. The summed E-state index contributed by atoms with van der Waals surface area (Å²) < 4.78 is 37.0. The number of carbonyl (C=O) groups is 2. The highest BCUT2D eigenvalue weighted by atomic mass is 32.2. The van der Waals surface area contributed by atoms with Crippen molar-refractivity contribution in [3.8, 4) is 11.5 Å². The highest BCUT2D eigenvalue weighted by Crippen LogP contribution is 2.36. The van der Waals surface area contributed by atoms with E-state index in [0.29, 0.717) is 11.5 Å². The third-order valence-electron chi connectivity index (χ3n) is 5.97. The molecule has 1 heterocycles. The monoisotopic (exact) mass is 503 g/mol. The third-order valence-corrected chi connectivity index (χ3v) is 7.11. The van der Waals surface area contributed by atoms with Gasteiger partial charge in [0.25, 0.3) is 0 Å². The van der Waals surface area contributed by atoms with E-state index in [4.69, 9.17) is 9.47 Å². The van der Waals surface area contributed by atoms with Crippen molar-refractivity contribution in [1.82, 2.24) is 10.2 Å². The van der Waals surface area contributed by atoms with Crippen LogP contribution in [0.5, 0.6) is 11.5 Å². The zero-order chi connectivity index (χ0) is 25.8. The minimum absolute atomic E-state index is 0.0454. The SMILES string of the molecule is CC[C@@H](C)NC(=O)[C@@H](C)N(Cc1ccc(C)cc1)C(=O)CN(c1ccc2c(c1)OCO2)S(C)(=O)=O. The van der Waals surface area contributed by atoms with Gasteiger partial charge in [-0.25, -0.2) is 8.42 Å². The van der Waals surface area contributed by atoms with Crippen molar-refractivity contribution in [3.63, 3.8) is 0 Å². The lowest BCUT2D eigenvalue weighted by Gasteiger charge is -2.32. The molecule has 10 heteroatoms. The number of ether oxygens (including phenoxy) is 2. The molecule has 0 saturated carbocycles. The normalized spacial score (nSPS) is 14.2. The smallest absolute Gasteiger partial charge is 0.244 e. The second kappa shape index (κ2) is 11.0. The lowest BCUT2D eigenvalue weighted by Crippen LogP contribution is -2.52. The number of hydrogen-bond acceptors (Lipinski definition) is 6. The zero-order valence-corrected chi connectivity index (χ0v) is 21.6. The van der Waals surface area contributed by atoms with E-state index in [1.54, 1.807) is 19.1 Å². The van der Waals surface area contributed by atoms with Gasteiger partial charge in [-0.05, 0) is 44.9 Å². The first kappa shape index (κ1) is 26.3. The summed E-state index contributed by atoms with van der Waals surface area (Å²) in [6.45, 7) is 7.20. The van der Waals surface area contributed by atoms with E-state index in [1.807, 2.05) is 45.0 Å². The first-order chi connectivity index (χ1) is 16.5. The predicted molar refractivity (Wildman–Crippen MR) is 134 cm³/mol. The standard InChI is InChI=1S/C25H33N3O6S/c1-6-18(3)26-25(30)19(4)27(14-20-9-7-17(2)8-10-20)24(29)15-28(35(5,31)32)21-11-12-22-23(13-21)34-16-33-22/h7-13,18-19H,6,14-16H2,1-5H3,(H,26,30)/t18-,19-/m1/s1. The number of fused-ring (bicyclic) bond motifs is 1. The molecule has 0 saturated heterocycles. The van der Waals surface area contributed by atoms with Crippen LogP contribution in [-0.2, 0) is 26.2 Å². The molecule has 3 rings (SSSR count). The van der Waals surface area contributed by atoms with Crippen molar-refractivity contribution < 1.29 is 27.5 Å². The molecule has 0 aliphatic carbocycles. The fourth-order valence-electron chi connectivity index (χ4n) is 3.59. The molecule has 0 aromatic heterocycles. The zero-order valence-electron chi connectivity index (χ0n) is 20.8. The van der Waals surface area contributed by atoms with E-state index in [2.05, 4.69) is 5.32 Å². The van der Waals surface area contributed by atoms with Gasteiger partial charge >= 0.3 is 0 Å². The van der Waals surface area contributed by atoms with Crippen LogP contribution in [0.1, 0.15) is 38.3 Å². The maximum Gasteiger partial charge on any atom is 0.244 e. The van der Waals surface area contributed by atoms with Gasteiger partial charge in [0.15, 0.2) is 11.5 Å². The number of sulfonamides is 1. The van der Waals surface area contributed by atoms with Crippen LogP contribution in [-0.4, -0.2) is 56.8 Å². The van der Waals surface area contributed by atoms with Crippen molar-refractivity contribution in [3.05, 3.63) is 53.6 Å². The molecular formula is C25H33N3O6S. The Kier molecular flexibility index (Phi) is 8.26. The lowest BCUT2D eigenvalue weighted by molar-refractivity contribution is -0.139. The quantitative estimate of drug-likeness (QED) is 0.535. The number of aryl methyl sites for hydroxylation is 1. The van der Waals surface area contributed by atoms with Crippen molar-refractivity contribution in [2.45, 2.75) is 52.7 Å². The molecule has 1 aliphatic rings. The lowest BCUT2D eigenvalue weighted by atomic mass is 10.1. The van der Waals surface area contributed by atoms with Crippen LogP contribution in [0, 0.1) is 6.92 Å². The second-order valence-electron chi connectivity index (χ2n) is 8.81. The van der Waals surface area contributed by atoms with E-state index in [1.165, 1.54) is 11.0 Å². The molecule has 0 radical (unpaired) electrons. The van der Waals surface area contributed by atoms with Gasteiger partial charge < -0.3 is 19.7 Å². The Morgan fingerprint density at radius 1 is 1.06 bits per heavy atom. The summed E-state index contributed by atoms with van der Waals surface area (Å²) in [7, 11) is -3.82. The number of carbonyl (C=O) groups excluding carboxylic acids is 2. The highest BCUT2D eigenvalue weighted by Gasteiger charge is 2.31. The van der Waals surface area contributed by atoms with E-state index in [9.17, 15) is 18.0 Å². The number of benzene rings is 2. The van der Waals surface area contributed by atoms with Gasteiger partial charge in [0, 0.05) is 18.7 Å². The maximum atomic E-state index is 13.6. The predicted octanol–water partition coefficient (Wildman–Crippen LogP) is 2.82. The molecule has 0 spiro atoms. The number of amides is 2. The Hall–Kier alpha value is -3.27. The first-order valence-electron chi connectivity index (χ1n) is 11.5. The van der Waals surface area contributed by atoms with Crippen LogP contribution in [0.2, 0.25) is 0 Å². The van der Waals surface area contributed by atoms with Gasteiger partial charge in [-0.15, -0.1) is 0 Å². The maximum absolute atomic E-state index is 13.6. The van der Waals surface area contributed by atoms with Crippen molar-refractivity contribution in [2.75, 3.05) is 23.9 Å². The summed E-state index contributed by atoms with van der Waals surface area (Å²) in [5.74, 6) is 0.112. The Morgan fingerprint density at radius 3 is 2.34 bits per heavy atom. The number of nitrogens with zero attached hydrogens (tertiary/aromatic N) is 2. The summed E-state index contributed by atoms with van der Waals surface area (Å²) in [6, 6.07) is 11.5. The molecule has 1 N–H and O–H groups in total. The summed E-state index contributed by atoms with van der Waals surface area (Å²) in [6.07, 6.45) is 1.78. The number of anilines is 1. The molecule has 1 aliphatic heterocycles. The summed E-state index contributed by atoms with van der Waals surface area (Å²) in [5, 5.41) is 2.91. The minimum Gasteiger partial charge on any atom is -0.454 e. The Bertz CT molecular complexity index is 1170. The van der Waals surface area contributed by atoms with E-state index >= 15 is 0 Å². The van der Waals surface area contributed by atoms with Gasteiger partial charge in [-0.2, -0.15) is 0 Å². The fraction of sp³-hybridized carbons (Fsp3) is 0.440. The topological polar surface area (TPSA) is 105 Å². The Labute approximate surface area is 207 Å². The molecule has 2 amide bonds. The summed E-state index contributed by atoms with van der Waals surface area (Å²) in [4.78, 5) is 27.9. The van der Waals surface area contributed by atoms with Crippen molar-refractivity contribution >= 4 is 27.5 Å². The molecule has 0 fully saturated rings. The van der Waals surface area contributed by atoms with Crippen LogP contribution >= 0.6 is 0 Å².